The second-order valence-corrected chi connectivity index (χ2v) is 8.63. The monoisotopic (exact) mass is 428 g/mol. The number of rotatable bonds is 10. The molecule has 1 amide bonds. The molecule has 0 aliphatic carbocycles. The van der Waals surface area contributed by atoms with Gasteiger partial charge in [0.15, 0.2) is 5.76 Å². The van der Waals surface area contributed by atoms with E-state index in [2.05, 4.69) is 10.5 Å². The largest absolute Gasteiger partial charge is 0.356 e. The second-order valence-electron chi connectivity index (χ2n) is 6.57. The van der Waals surface area contributed by atoms with Crippen molar-refractivity contribution in [2.45, 2.75) is 26.4 Å². The Balaban J connectivity index is 1.62. The topological polar surface area (TPSA) is 90.7 Å². The normalized spacial score (nSPS) is 11.4. The van der Waals surface area contributed by atoms with Gasteiger partial charge in [0.25, 0.3) is 0 Å². The lowest BCUT2D eigenvalue weighted by molar-refractivity contribution is -0.115. The smallest absolute Gasteiger partial charge is 0.335 e. The Morgan fingerprint density at radius 3 is 2.33 bits per heavy atom. The minimum atomic E-state index is -3.16. The number of nitrogens with one attached hydrogen (secondary N) is 1. The summed E-state index contributed by atoms with van der Waals surface area (Å²) in [5.74, 6) is 0.404. The first-order valence-corrected chi connectivity index (χ1v) is 11.5. The summed E-state index contributed by atoms with van der Waals surface area (Å²) in [6.07, 6.45) is 1.88. The number of nitrogens with zero attached hydrogens (tertiary/aromatic N) is 1. The molecule has 2 aromatic carbocycles. The highest BCUT2D eigenvalue weighted by molar-refractivity contribution is 7.53. The highest BCUT2D eigenvalue weighted by Crippen LogP contribution is 2.51. The van der Waals surface area contributed by atoms with Gasteiger partial charge in [-0.1, -0.05) is 47.6 Å². The van der Waals surface area contributed by atoms with E-state index in [9.17, 15) is 9.36 Å². The zero-order chi connectivity index (χ0) is 21.4. The van der Waals surface area contributed by atoms with E-state index in [1.165, 1.54) is 0 Å². The third-order valence-electron chi connectivity index (χ3n) is 4.30. The van der Waals surface area contributed by atoms with Crippen LogP contribution in [0, 0.1) is 0 Å². The van der Waals surface area contributed by atoms with Crippen LogP contribution in [-0.2, 0) is 31.0 Å². The van der Waals surface area contributed by atoms with Crippen LogP contribution in [0.3, 0.4) is 0 Å². The number of hydrogen-bond donors (Lipinski definition) is 1. The van der Waals surface area contributed by atoms with E-state index in [0.717, 1.165) is 11.1 Å². The van der Waals surface area contributed by atoms with Crippen LogP contribution in [0.4, 0.5) is 5.69 Å². The molecule has 0 atom stereocenters. The molecule has 3 aromatic rings. The molecule has 0 unspecified atom stereocenters. The first-order valence-electron chi connectivity index (χ1n) is 9.79. The Kier molecular flexibility index (Phi) is 7.57. The van der Waals surface area contributed by atoms with Gasteiger partial charge in [0, 0.05) is 16.8 Å². The van der Waals surface area contributed by atoms with E-state index in [1.54, 1.807) is 44.3 Å². The van der Waals surface area contributed by atoms with Crippen LogP contribution in [0.1, 0.15) is 25.0 Å². The van der Waals surface area contributed by atoms with Crippen LogP contribution < -0.4 is 5.32 Å². The third kappa shape index (κ3) is 5.89. The van der Waals surface area contributed by atoms with Crippen molar-refractivity contribution in [2.24, 2.45) is 0 Å². The Hall–Kier alpha value is -2.73. The highest BCUT2D eigenvalue weighted by atomic mass is 31.2. The number of carbonyl (C=O) groups is 1. The summed E-state index contributed by atoms with van der Waals surface area (Å²) in [7, 11) is -3.16. The SMILES string of the molecule is CCOP(=O)(Cc1ccc(NC(=O)Cc2cnoc2-c2ccccc2)cc1)OCC. The quantitative estimate of drug-likeness (QED) is 0.441. The molecule has 0 saturated heterocycles. The zero-order valence-corrected chi connectivity index (χ0v) is 17.9. The van der Waals surface area contributed by atoms with Gasteiger partial charge in [-0.25, -0.2) is 0 Å². The fraction of sp³-hybridized carbons (Fsp3) is 0.273. The van der Waals surface area contributed by atoms with Crippen LogP contribution in [0.15, 0.2) is 65.3 Å². The molecule has 0 saturated carbocycles. The Morgan fingerprint density at radius 2 is 1.70 bits per heavy atom. The first kappa shape index (κ1) is 22.0. The molecule has 3 rings (SSSR count). The minimum Gasteiger partial charge on any atom is -0.356 e. The van der Waals surface area contributed by atoms with Crippen molar-refractivity contribution in [2.75, 3.05) is 18.5 Å². The number of benzene rings is 2. The van der Waals surface area contributed by atoms with Crippen LogP contribution in [0.5, 0.6) is 0 Å². The van der Waals surface area contributed by atoms with Crippen molar-refractivity contribution in [3.05, 3.63) is 71.9 Å². The van der Waals surface area contributed by atoms with E-state index in [1.807, 2.05) is 30.3 Å². The van der Waals surface area contributed by atoms with Crippen molar-refractivity contribution in [1.82, 2.24) is 5.16 Å². The lowest BCUT2D eigenvalue weighted by atomic mass is 10.1. The molecule has 0 spiro atoms. The number of hydrogen-bond acceptors (Lipinski definition) is 6. The predicted octanol–water partition coefficient (Wildman–Crippen LogP) is 5.29. The maximum atomic E-state index is 12.6. The molecule has 1 N–H and O–H groups in total. The first-order chi connectivity index (χ1) is 14.5. The standard InChI is InChI=1S/C22H25N2O5P/c1-3-27-30(26,28-4-2)16-17-10-12-20(13-11-17)24-21(25)14-19-15-23-29-22(19)18-8-6-5-7-9-18/h5-13,15H,3-4,14,16H2,1-2H3,(H,24,25). The van der Waals surface area contributed by atoms with Gasteiger partial charge in [-0.15, -0.1) is 0 Å². The van der Waals surface area contributed by atoms with Gasteiger partial charge in [-0.05, 0) is 31.5 Å². The van der Waals surface area contributed by atoms with E-state index in [4.69, 9.17) is 13.6 Å². The molecule has 0 bridgehead atoms. The third-order valence-corrected chi connectivity index (χ3v) is 6.35. The number of amides is 1. The molecule has 1 heterocycles. The Labute approximate surface area is 175 Å². The second kappa shape index (κ2) is 10.3. The summed E-state index contributed by atoms with van der Waals surface area (Å²) < 4.78 is 28.6. The Bertz CT molecular complexity index is 992. The van der Waals surface area contributed by atoms with Crippen molar-refractivity contribution in [3.63, 3.8) is 0 Å². The highest BCUT2D eigenvalue weighted by Gasteiger charge is 2.24. The average Bonchev–Trinajstić information content (AvgIpc) is 3.18. The molecule has 30 heavy (non-hydrogen) atoms. The van der Waals surface area contributed by atoms with Crippen molar-refractivity contribution in [1.29, 1.82) is 0 Å². The summed E-state index contributed by atoms with van der Waals surface area (Å²) in [5.41, 5.74) is 3.03. The lowest BCUT2D eigenvalue weighted by Gasteiger charge is -2.17. The summed E-state index contributed by atoms with van der Waals surface area (Å²) in [5, 5.41) is 6.69. The fourth-order valence-electron chi connectivity index (χ4n) is 3.03. The molecule has 0 aliphatic rings. The minimum absolute atomic E-state index is 0.138. The zero-order valence-electron chi connectivity index (χ0n) is 17.0. The van der Waals surface area contributed by atoms with Gasteiger partial charge in [0.1, 0.15) is 0 Å². The van der Waals surface area contributed by atoms with Gasteiger partial charge in [-0.3, -0.25) is 9.36 Å². The summed E-state index contributed by atoms with van der Waals surface area (Å²) in [6.45, 7) is 4.20. The van der Waals surface area contributed by atoms with Crippen LogP contribution in [-0.4, -0.2) is 24.3 Å². The average molecular weight is 428 g/mol. The van der Waals surface area contributed by atoms with Gasteiger partial charge >= 0.3 is 7.60 Å². The van der Waals surface area contributed by atoms with Crippen molar-refractivity contribution >= 4 is 19.2 Å². The van der Waals surface area contributed by atoms with Gasteiger partial charge in [-0.2, -0.15) is 0 Å². The van der Waals surface area contributed by atoms with E-state index >= 15 is 0 Å². The molecule has 7 nitrogen and oxygen atoms in total. The lowest BCUT2D eigenvalue weighted by Crippen LogP contribution is -2.14. The van der Waals surface area contributed by atoms with Crippen LogP contribution in [0.25, 0.3) is 11.3 Å². The van der Waals surface area contributed by atoms with Gasteiger partial charge in [0.2, 0.25) is 5.91 Å². The summed E-state index contributed by atoms with van der Waals surface area (Å²) >= 11 is 0. The van der Waals surface area contributed by atoms with Crippen molar-refractivity contribution < 1.29 is 22.9 Å². The Morgan fingerprint density at radius 1 is 1.03 bits per heavy atom. The molecule has 0 fully saturated rings. The maximum Gasteiger partial charge on any atom is 0.335 e. The van der Waals surface area contributed by atoms with E-state index in [-0.39, 0.29) is 18.5 Å². The number of carbonyl (C=O) groups excluding carboxylic acids is 1. The molecular weight excluding hydrogens is 403 g/mol. The summed E-state index contributed by atoms with van der Waals surface area (Å²) in [6, 6.07) is 16.7. The molecule has 0 aliphatic heterocycles. The van der Waals surface area contributed by atoms with E-state index in [0.29, 0.717) is 30.2 Å². The molecule has 0 radical (unpaired) electrons. The van der Waals surface area contributed by atoms with Crippen LogP contribution in [0.2, 0.25) is 0 Å². The predicted molar refractivity (Wildman–Crippen MR) is 115 cm³/mol. The molecule has 8 heteroatoms. The molecular formula is C22H25N2O5P. The van der Waals surface area contributed by atoms with Gasteiger partial charge < -0.3 is 18.9 Å². The van der Waals surface area contributed by atoms with E-state index < -0.39 is 7.60 Å². The summed E-state index contributed by atoms with van der Waals surface area (Å²) in [4.78, 5) is 12.5. The molecule has 1 aromatic heterocycles. The maximum absolute atomic E-state index is 12.6. The van der Waals surface area contributed by atoms with Crippen LogP contribution >= 0.6 is 7.60 Å². The number of anilines is 1. The van der Waals surface area contributed by atoms with Crippen molar-refractivity contribution in [3.8, 4) is 11.3 Å². The molecule has 158 valence electrons. The van der Waals surface area contributed by atoms with Gasteiger partial charge in [0.05, 0.1) is 32.0 Å². The fourth-order valence-corrected chi connectivity index (χ4v) is 4.73. The number of aromatic nitrogens is 1.